The van der Waals surface area contributed by atoms with E-state index in [4.69, 9.17) is 5.11 Å². The fraction of sp³-hybridized carbons (Fsp3) is 0.889. The number of hydrogen-bond acceptors (Lipinski definition) is 3. The van der Waals surface area contributed by atoms with Gasteiger partial charge in [-0.25, -0.2) is 0 Å². The van der Waals surface area contributed by atoms with Gasteiger partial charge in [0.1, 0.15) is 6.04 Å². The van der Waals surface area contributed by atoms with E-state index in [1.165, 1.54) is 0 Å². The van der Waals surface area contributed by atoms with Crippen molar-refractivity contribution >= 4 is 5.97 Å². The second kappa shape index (κ2) is 6.86. The molecule has 0 aromatic rings. The summed E-state index contributed by atoms with van der Waals surface area (Å²) >= 11 is 0. The number of rotatable bonds is 7. The molecular formula is C9H20N2O2. The number of nitrogens with zero attached hydrogens (tertiary/aromatic N) is 1. The van der Waals surface area contributed by atoms with Crippen LogP contribution in [-0.4, -0.2) is 48.7 Å². The van der Waals surface area contributed by atoms with E-state index >= 15 is 0 Å². The molecule has 4 nitrogen and oxygen atoms in total. The summed E-state index contributed by atoms with van der Waals surface area (Å²) in [5.74, 6) is -0.770. The van der Waals surface area contributed by atoms with Crippen LogP contribution in [0.3, 0.4) is 0 Å². The number of hydrogen-bond donors (Lipinski definition) is 2. The van der Waals surface area contributed by atoms with E-state index in [2.05, 4.69) is 5.32 Å². The molecule has 1 atom stereocenters. The van der Waals surface area contributed by atoms with Gasteiger partial charge in [-0.05, 0) is 26.6 Å². The van der Waals surface area contributed by atoms with Crippen LogP contribution in [0.2, 0.25) is 0 Å². The number of carbonyl (C=O) groups is 1. The van der Waals surface area contributed by atoms with Gasteiger partial charge < -0.3 is 15.3 Å². The standard InChI is InChI=1S/C9H20N2O2/c1-4-6-10-8(9(12)13)7-11(3)5-2/h8,10H,4-7H2,1-3H3,(H,12,13). The van der Waals surface area contributed by atoms with Crippen LogP contribution in [0.1, 0.15) is 20.3 Å². The predicted molar refractivity (Wildman–Crippen MR) is 52.9 cm³/mol. The highest BCUT2D eigenvalue weighted by atomic mass is 16.4. The average molecular weight is 188 g/mol. The second-order valence-electron chi connectivity index (χ2n) is 3.20. The number of carboxylic acids is 1. The third-order valence-electron chi connectivity index (χ3n) is 1.97. The Morgan fingerprint density at radius 1 is 1.54 bits per heavy atom. The summed E-state index contributed by atoms with van der Waals surface area (Å²) in [6.45, 7) is 6.23. The van der Waals surface area contributed by atoms with Crippen LogP contribution in [-0.2, 0) is 4.79 Å². The van der Waals surface area contributed by atoms with Crippen molar-refractivity contribution in [2.45, 2.75) is 26.3 Å². The normalized spacial score (nSPS) is 13.2. The number of aliphatic carboxylic acids is 1. The maximum Gasteiger partial charge on any atom is 0.322 e. The van der Waals surface area contributed by atoms with Gasteiger partial charge in [-0.15, -0.1) is 0 Å². The summed E-state index contributed by atoms with van der Waals surface area (Å²) in [4.78, 5) is 12.8. The van der Waals surface area contributed by atoms with Gasteiger partial charge >= 0.3 is 5.97 Å². The summed E-state index contributed by atoms with van der Waals surface area (Å²) in [5, 5.41) is 11.8. The second-order valence-corrected chi connectivity index (χ2v) is 3.20. The summed E-state index contributed by atoms with van der Waals surface area (Å²) in [7, 11) is 1.92. The van der Waals surface area contributed by atoms with E-state index < -0.39 is 12.0 Å². The fourth-order valence-electron chi connectivity index (χ4n) is 0.989. The molecule has 78 valence electrons. The van der Waals surface area contributed by atoms with Crippen molar-refractivity contribution in [1.82, 2.24) is 10.2 Å². The third-order valence-corrected chi connectivity index (χ3v) is 1.97. The topological polar surface area (TPSA) is 52.6 Å². The summed E-state index contributed by atoms with van der Waals surface area (Å²) < 4.78 is 0. The van der Waals surface area contributed by atoms with Crippen molar-refractivity contribution in [3.8, 4) is 0 Å². The van der Waals surface area contributed by atoms with Crippen LogP contribution in [0.25, 0.3) is 0 Å². The molecule has 0 aromatic heterocycles. The zero-order chi connectivity index (χ0) is 10.3. The lowest BCUT2D eigenvalue weighted by Gasteiger charge is -2.20. The molecule has 0 amide bonds. The minimum atomic E-state index is -0.770. The van der Waals surface area contributed by atoms with Gasteiger partial charge in [0.2, 0.25) is 0 Å². The van der Waals surface area contributed by atoms with E-state index in [1.54, 1.807) is 0 Å². The van der Waals surface area contributed by atoms with Gasteiger partial charge in [-0.2, -0.15) is 0 Å². The van der Waals surface area contributed by atoms with Crippen LogP contribution in [0.15, 0.2) is 0 Å². The molecular weight excluding hydrogens is 168 g/mol. The van der Waals surface area contributed by atoms with Gasteiger partial charge in [-0.1, -0.05) is 13.8 Å². The molecule has 0 aliphatic rings. The van der Waals surface area contributed by atoms with Crippen molar-refractivity contribution in [3.63, 3.8) is 0 Å². The number of nitrogens with one attached hydrogen (secondary N) is 1. The van der Waals surface area contributed by atoms with E-state index in [0.717, 1.165) is 19.5 Å². The molecule has 0 bridgehead atoms. The van der Waals surface area contributed by atoms with Crippen molar-refractivity contribution in [1.29, 1.82) is 0 Å². The van der Waals surface area contributed by atoms with Gasteiger partial charge in [0.15, 0.2) is 0 Å². The summed E-state index contributed by atoms with van der Waals surface area (Å²) in [5.41, 5.74) is 0. The molecule has 0 heterocycles. The molecule has 13 heavy (non-hydrogen) atoms. The first-order valence-electron chi connectivity index (χ1n) is 4.76. The molecule has 0 aromatic carbocycles. The summed E-state index contributed by atoms with van der Waals surface area (Å²) in [6.07, 6.45) is 0.958. The maximum absolute atomic E-state index is 10.8. The van der Waals surface area contributed by atoms with Gasteiger partial charge in [0, 0.05) is 6.54 Å². The molecule has 0 spiro atoms. The molecule has 0 fully saturated rings. The number of likely N-dealkylation sites (N-methyl/N-ethyl adjacent to an activating group) is 1. The highest BCUT2D eigenvalue weighted by Crippen LogP contribution is 1.90. The van der Waals surface area contributed by atoms with E-state index in [-0.39, 0.29) is 0 Å². The van der Waals surface area contributed by atoms with Crippen LogP contribution < -0.4 is 5.32 Å². The van der Waals surface area contributed by atoms with E-state index in [0.29, 0.717) is 6.54 Å². The molecule has 0 rings (SSSR count). The Hall–Kier alpha value is -0.610. The van der Waals surface area contributed by atoms with Crippen LogP contribution in [0.5, 0.6) is 0 Å². The van der Waals surface area contributed by atoms with Gasteiger partial charge in [0.05, 0.1) is 0 Å². The fourth-order valence-corrected chi connectivity index (χ4v) is 0.989. The lowest BCUT2D eigenvalue weighted by Crippen LogP contribution is -2.45. The zero-order valence-electron chi connectivity index (χ0n) is 8.71. The highest BCUT2D eigenvalue weighted by molar-refractivity contribution is 5.73. The highest BCUT2D eigenvalue weighted by Gasteiger charge is 2.17. The van der Waals surface area contributed by atoms with E-state index in [1.807, 2.05) is 25.8 Å². The SMILES string of the molecule is CCCNC(CN(C)CC)C(=O)O. The average Bonchev–Trinajstić information content (AvgIpc) is 2.11. The zero-order valence-corrected chi connectivity index (χ0v) is 8.71. The van der Waals surface area contributed by atoms with Crippen molar-refractivity contribution in [2.24, 2.45) is 0 Å². The lowest BCUT2D eigenvalue weighted by molar-refractivity contribution is -0.139. The first-order valence-corrected chi connectivity index (χ1v) is 4.76. The molecule has 0 saturated carbocycles. The summed E-state index contributed by atoms with van der Waals surface area (Å²) in [6, 6.07) is -0.440. The van der Waals surface area contributed by atoms with Gasteiger partial charge in [-0.3, -0.25) is 4.79 Å². The lowest BCUT2D eigenvalue weighted by atomic mass is 10.2. The Morgan fingerprint density at radius 3 is 2.54 bits per heavy atom. The minimum Gasteiger partial charge on any atom is -0.480 e. The Morgan fingerprint density at radius 2 is 2.15 bits per heavy atom. The van der Waals surface area contributed by atoms with E-state index in [9.17, 15) is 4.79 Å². The number of carboxylic acid groups (broad SMARTS) is 1. The molecule has 0 aliphatic carbocycles. The molecule has 4 heteroatoms. The van der Waals surface area contributed by atoms with Crippen molar-refractivity contribution < 1.29 is 9.90 Å². The largest absolute Gasteiger partial charge is 0.480 e. The first kappa shape index (κ1) is 12.4. The van der Waals surface area contributed by atoms with Crippen molar-refractivity contribution in [2.75, 3.05) is 26.7 Å². The molecule has 0 radical (unpaired) electrons. The molecule has 1 unspecified atom stereocenters. The van der Waals surface area contributed by atoms with Gasteiger partial charge in [0.25, 0.3) is 0 Å². The molecule has 2 N–H and O–H groups in total. The first-order chi connectivity index (χ1) is 6.11. The Balaban J connectivity index is 3.87. The van der Waals surface area contributed by atoms with Crippen molar-refractivity contribution in [3.05, 3.63) is 0 Å². The van der Waals surface area contributed by atoms with Crippen LogP contribution in [0, 0.1) is 0 Å². The smallest absolute Gasteiger partial charge is 0.322 e. The Labute approximate surface area is 79.9 Å². The quantitative estimate of drug-likeness (QED) is 0.607. The van der Waals surface area contributed by atoms with Crippen LogP contribution >= 0.6 is 0 Å². The Bertz CT molecular complexity index is 151. The monoisotopic (exact) mass is 188 g/mol. The molecule has 0 saturated heterocycles. The molecule has 0 aliphatic heterocycles. The third kappa shape index (κ3) is 5.60. The Kier molecular flexibility index (Phi) is 6.54. The van der Waals surface area contributed by atoms with Crippen LogP contribution in [0.4, 0.5) is 0 Å². The minimum absolute atomic E-state index is 0.440. The maximum atomic E-state index is 10.8. The predicted octanol–water partition coefficient (Wildman–Crippen LogP) is 0.391.